The molecular formula is C14H8ClN3O4. The molecule has 22 heavy (non-hydrogen) atoms. The van der Waals surface area contributed by atoms with Gasteiger partial charge in [-0.2, -0.15) is 5.10 Å². The van der Waals surface area contributed by atoms with Crippen LogP contribution in [0, 0.1) is 10.1 Å². The van der Waals surface area contributed by atoms with E-state index in [1.54, 1.807) is 24.3 Å². The standard InChI is InChI=1S/C14H8ClN3O4/c15-10-1-3-11(4-2-10)17-7-9(8-19)14(16-17)12-5-6-13(22-12)18(20)21/h1-8H. The summed E-state index contributed by atoms with van der Waals surface area (Å²) >= 11 is 5.83. The predicted octanol–water partition coefficient (Wildman–Crippen LogP) is 3.51. The maximum absolute atomic E-state index is 11.2. The van der Waals surface area contributed by atoms with Gasteiger partial charge in [0, 0.05) is 11.2 Å². The van der Waals surface area contributed by atoms with Crippen molar-refractivity contribution in [3.05, 3.63) is 63.3 Å². The summed E-state index contributed by atoms with van der Waals surface area (Å²) in [5.74, 6) is -0.255. The van der Waals surface area contributed by atoms with Gasteiger partial charge >= 0.3 is 5.88 Å². The Labute approximate surface area is 128 Å². The number of carbonyl (C=O) groups excluding carboxylic acids is 1. The Morgan fingerprint density at radius 2 is 1.95 bits per heavy atom. The minimum Gasteiger partial charge on any atom is -0.399 e. The number of aromatic nitrogens is 2. The van der Waals surface area contributed by atoms with Gasteiger partial charge in [-0.05, 0) is 30.3 Å². The van der Waals surface area contributed by atoms with Gasteiger partial charge in [0.2, 0.25) is 0 Å². The van der Waals surface area contributed by atoms with Crippen molar-refractivity contribution in [3.63, 3.8) is 0 Å². The van der Waals surface area contributed by atoms with Crippen molar-refractivity contribution in [1.82, 2.24) is 9.78 Å². The lowest BCUT2D eigenvalue weighted by atomic mass is 10.2. The first-order chi connectivity index (χ1) is 10.6. The van der Waals surface area contributed by atoms with E-state index in [4.69, 9.17) is 16.0 Å². The lowest BCUT2D eigenvalue weighted by Gasteiger charge is -2.00. The second kappa shape index (κ2) is 5.45. The molecule has 0 unspecified atom stereocenters. The summed E-state index contributed by atoms with van der Waals surface area (Å²) in [4.78, 5) is 21.2. The number of nitrogens with zero attached hydrogens (tertiary/aromatic N) is 3. The molecule has 0 radical (unpaired) electrons. The molecule has 0 fully saturated rings. The molecule has 8 heteroatoms. The fourth-order valence-electron chi connectivity index (χ4n) is 1.94. The van der Waals surface area contributed by atoms with Crippen molar-refractivity contribution in [1.29, 1.82) is 0 Å². The largest absolute Gasteiger partial charge is 0.433 e. The monoisotopic (exact) mass is 317 g/mol. The number of furan rings is 1. The summed E-state index contributed by atoms with van der Waals surface area (Å²) in [7, 11) is 0. The molecule has 0 spiro atoms. The minimum atomic E-state index is -0.653. The summed E-state index contributed by atoms with van der Waals surface area (Å²) in [5.41, 5.74) is 1.19. The first kappa shape index (κ1) is 14.0. The van der Waals surface area contributed by atoms with Crippen LogP contribution in [0.25, 0.3) is 17.1 Å². The van der Waals surface area contributed by atoms with Gasteiger partial charge in [-0.3, -0.25) is 14.9 Å². The Morgan fingerprint density at radius 1 is 1.23 bits per heavy atom. The van der Waals surface area contributed by atoms with E-state index in [1.807, 2.05) is 0 Å². The molecule has 0 N–H and O–H groups in total. The summed E-state index contributed by atoms with van der Waals surface area (Å²) in [6.07, 6.45) is 2.13. The van der Waals surface area contributed by atoms with Crippen molar-refractivity contribution in [2.24, 2.45) is 0 Å². The van der Waals surface area contributed by atoms with Crippen LogP contribution >= 0.6 is 11.6 Å². The molecule has 3 rings (SSSR count). The van der Waals surface area contributed by atoms with E-state index in [9.17, 15) is 14.9 Å². The molecule has 110 valence electrons. The minimum absolute atomic E-state index is 0.154. The zero-order valence-electron chi connectivity index (χ0n) is 11.0. The maximum Gasteiger partial charge on any atom is 0.433 e. The number of halogens is 1. The zero-order chi connectivity index (χ0) is 15.7. The maximum atomic E-state index is 11.2. The van der Waals surface area contributed by atoms with E-state index in [0.717, 1.165) is 0 Å². The van der Waals surface area contributed by atoms with Crippen molar-refractivity contribution >= 4 is 23.8 Å². The molecule has 0 saturated heterocycles. The van der Waals surface area contributed by atoms with Gasteiger partial charge in [-0.15, -0.1) is 0 Å². The third-order valence-corrected chi connectivity index (χ3v) is 3.22. The Bertz CT molecular complexity index is 851. The Hall–Kier alpha value is -2.93. The van der Waals surface area contributed by atoms with E-state index in [0.29, 0.717) is 17.0 Å². The van der Waals surface area contributed by atoms with Gasteiger partial charge in [0.1, 0.15) is 10.6 Å². The number of carbonyl (C=O) groups is 1. The first-order valence-electron chi connectivity index (χ1n) is 6.14. The number of hydrogen-bond acceptors (Lipinski definition) is 5. The second-order valence-electron chi connectivity index (χ2n) is 4.37. The molecule has 0 atom stereocenters. The van der Waals surface area contributed by atoms with Gasteiger partial charge in [0.25, 0.3) is 0 Å². The van der Waals surface area contributed by atoms with E-state index in [1.165, 1.54) is 23.0 Å². The van der Waals surface area contributed by atoms with Crippen LogP contribution in [0.15, 0.2) is 47.0 Å². The van der Waals surface area contributed by atoms with Crippen LogP contribution in [0.5, 0.6) is 0 Å². The van der Waals surface area contributed by atoms with Crippen LogP contribution in [-0.2, 0) is 0 Å². The smallest absolute Gasteiger partial charge is 0.399 e. The van der Waals surface area contributed by atoms with Gasteiger partial charge in [-0.25, -0.2) is 4.68 Å². The van der Waals surface area contributed by atoms with Crippen LogP contribution in [0.2, 0.25) is 5.02 Å². The van der Waals surface area contributed by atoms with Crippen LogP contribution in [0.1, 0.15) is 10.4 Å². The molecule has 7 nitrogen and oxygen atoms in total. The highest BCUT2D eigenvalue weighted by molar-refractivity contribution is 6.30. The Kier molecular flexibility index (Phi) is 3.48. The highest BCUT2D eigenvalue weighted by Crippen LogP contribution is 2.27. The van der Waals surface area contributed by atoms with Gasteiger partial charge in [0.15, 0.2) is 12.0 Å². The summed E-state index contributed by atoms with van der Waals surface area (Å²) in [6, 6.07) is 9.47. The number of hydrogen-bond donors (Lipinski definition) is 0. The van der Waals surface area contributed by atoms with Crippen LogP contribution in [-0.4, -0.2) is 21.0 Å². The van der Waals surface area contributed by atoms with Gasteiger partial charge in [-0.1, -0.05) is 11.6 Å². The summed E-state index contributed by atoms with van der Waals surface area (Å²) in [6.45, 7) is 0. The lowest BCUT2D eigenvalue weighted by molar-refractivity contribution is -0.401. The van der Waals surface area contributed by atoms with Crippen LogP contribution in [0.3, 0.4) is 0 Å². The highest BCUT2D eigenvalue weighted by atomic mass is 35.5. The summed E-state index contributed by atoms with van der Waals surface area (Å²) < 4.78 is 6.56. The van der Waals surface area contributed by atoms with E-state index >= 15 is 0 Å². The Balaban J connectivity index is 2.06. The molecule has 0 aliphatic carbocycles. The quantitative estimate of drug-likeness (QED) is 0.417. The highest BCUT2D eigenvalue weighted by Gasteiger charge is 2.19. The zero-order valence-corrected chi connectivity index (χ0v) is 11.7. The topological polar surface area (TPSA) is 91.2 Å². The second-order valence-corrected chi connectivity index (χ2v) is 4.80. The van der Waals surface area contributed by atoms with Crippen molar-refractivity contribution in [2.45, 2.75) is 0 Å². The fourth-order valence-corrected chi connectivity index (χ4v) is 2.07. The van der Waals surface area contributed by atoms with Crippen molar-refractivity contribution in [3.8, 4) is 17.1 Å². The van der Waals surface area contributed by atoms with E-state index in [2.05, 4.69) is 5.10 Å². The molecule has 3 aromatic rings. The predicted molar refractivity (Wildman–Crippen MR) is 78.3 cm³/mol. The van der Waals surface area contributed by atoms with Crippen LogP contribution in [0.4, 0.5) is 5.88 Å². The number of rotatable bonds is 4. The van der Waals surface area contributed by atoms with Crippen molar-refractivity contribution < 1.29 is 14.1 Å². The SMILES string of the molecule is O=Cc1cn(-c2ccc(Cl)cc2)nc1-c1ccc([N+](=O)[O-])o1. The summed E-state index contributed by atoms with van der Waals surface area (Å²) in [5, 5.41) is 15.5. The third-order valence-electron chi connectivity index (χ3n) is 2.97. The van der Waals surface area contributed by atoms with Crippen molar-refractivity contribution in [2.75, 3.05) is 0 Å². The fraction of sp³-hybridized carbons (Fsp3) is 0. The van der Waals surface area contributed by atoms with Crippen LogP contribution < -0.4 is 0 Å². The lowest BCUT2D eigenvalue weighted by Crippen LogP contribution is -1.94. The molecule has 0 aliphatic rings. The molecule has 0 amide bonds. The van der Waals surface area contributed by atoms with Gasteiger partial charge < -0.3 is 4.42 Å². The van der Waals surface area contributed by atoms with Gasteiger partial charge in [0.05, 0.1) is 17.3 Å². The normalized spacial score (nSPS) is 10.6. The third kappa shape index (κ3) is 2.49. The molecule has 0 bridgehead atoms. The molecular weight excluding hydrogens is 310 g/mol. The first-order valence-corrected chi connectivity index (χ1v) is 6.51. The molecule has 2 heterocycles. The van der Waals surface area contributed by atoms with E-state index in [-0.39, 0.29) is 17.0 Å². The molecule has 2 aromatic heterocycles. The average Bonchev–Trinajstić information content (AvgIpc) is 3.14. The molecule has 0 aliphatic heterocycles. The molecule has 0 saturated carbocycles. The Morgan fingerprint density at radius 3 is 2.55 bits per heavy atom. The van der Waals surface area contributed by atoms with E-state index < -0.39 is 10.8 Å². The average molecular weight is 318 g/mol. The number of aldehydes is 1. The molecule has 1 aromatic carbocycles. The number of nitro groups is 1. The number of benzene rings is 1.